The van der Waals surface area contributed by atoms with Gasteiger partial charge in [0.05, 0.1) is 24.4 Å². The van der Waals surface area contributed by atoms with Crippen LogP contribution in [0, 0.1) is 23.7 Å². The van der Waals surface area contributed by atoms with Crippen molar-refractivity contribution >= 4 is 23.2 Å². The fraction of sp³-hybridized carbons (Fsp3) is 0.217. The Hall–Kier alpha value is -3.72. The minimum Gasteiger partial charge on any atom is -0.394 e. The lowest BCUT2D eigenvalue weighted by Gasteiger charge is -2.18. The van der Waals surface area contributed by atoms with E-state index >= 15 is 0 Å². The molecule has 2 amide bonds. The Morgan fingerprint density at radius 1 is 1.32 bits per heavy atom. The SMILES string of the molecule is C#Cc1nc(NC(=O)NC(CO)c2ccc(-c3cccnc3C3(C#N)CC3)cc2)cs1. The Morgan fingerprint density at radius 3 is 2.71 bits per heavy atom. The van der Waals surface area contributed by atoms with Crippen LogP contribution >= 0.6 is 11.3 Å². The summed E-state index contributed by atoms with van der Waals surface area (Å²) in [5, 5.41) is 26.8. The third-order valence-electron chi connectivity index (χ3n) is 5.21. The molecule has 2 aromatic heterocycles. The minimum atomic E-state index is -0.595. The van der Waals surface area contributed by atoms with Crippen LogP contribution in [0.3, 0.4) is 0 Å². The Labute approximate surface area is 183 Å². The summed E-state index contributed by atoms with van der Waals surface area (Å²) < 4.78 is 0. The van der Waals surface area contributed by atoms with Crippen LogP contribution in [0.2, 0.25) is 0 Å². The summed E-state index contributed by atoms with van der Waals surface area (Å²) >= 11 is 1.26. The average Bonchev–Trinajstić information content (AvgIpc) is 3.49. The van der Waals surface area contributed by atoms with Gasteiger partial charge in [-0.25, -0.2) is 9.78 Å². The van der Waals surface area contributed by atoms with Crippen molar-refractivity contribution in [3.8, 4) is 29.5 Å². The Kier molecular flexibility index (Phi) is 5.68. The van der Waals surface area contributed by atoms with E-state index < -0.39 is 17.5 Å². The molecule has 0 aliphatic heterocycles. The number of nitriles is 1. The molecular formula is C23H19N5O2S. The van der Waals surface area contributed by atoms with Gasteiger partial charge < -0.3 is 10.4 Å². The first-order valence-corrected chi connectivity index (χ1v) is 10.5. The molecule has 4 rings (SSSR count). The van der Waals surface area contributed by atoms with Gasteiger partial charge in [0.15, 0.2) is 5.01 Å². The molecule has 3 aromatic rings. The molecule has 1 aromatic carbocycles. The van der Waals surface area contributed by atoms with Crippen LogP contribution in [0.1, 0.15) is 35.1 Å². The lowest BCUT2D eigenvalue weighted by atomic mass is 9.93. The number of anilines is 1. The second-order valence-corrected chi connectivity index (χ2v) is 8.09. The number of amides is 2. The summed E-state index contributed by atoms with van der Waals surface area (Å²) in [6.45, 7) is -0.269. The van der Waals surface area contributed by atoms with E-state index in [1.807, 2.05) is 36.4 Å². The Balaban J connectivity index is 1.49. The molecule has 8 heteroatoms. The predicted molar refractivity (Wildman–Crippen MR) is 118 cm³/mol. The molecular weight excluding hydrogens is 410 g/mol. The van der Waals surface area contributed by atoms with Gasteiger partial charge in [0.1, 0.15) is 11.2 Å². The van der Waals surface area contributed by atoms with Crippen molar-refractivity contribution in [1.82, 2.24) is 15.3 Å². The van der Waals surface area contributed by atoms with E-state index in [1.54, 1.807) is 11.6 Å². The van der Waals surface area contributed by atoms with Gasteiger partial charge in [-0.15, -0.1) is 17.8 Å². The van der Waals surface area contributed by atoms with Crippen molar-refractivity contribution in [2.45, 2.75) is 24.3 Å². The number of rotatable bonds is 6. The van der Waals surface area contributed by atoms with Gasteiger partial charge >= 0.3 is 6.03 Å². The number of aromatic nitrogens is 2. The zero-order valence-electron chi connectivity index (χ0n) is 16.5. The van der Waals surface area contributed by atoms with Crippen molar-refractivity contribution < 1.29 is 9.90 Å². The van der Waals surface area contributed by atoms with Crippen molar-refractivity contribution in [2.24, 2.45) is 0 Å². The lowest BCUT2D eigenvalue weighted by molar-refractivity contribution is 0.225. The highest BCUT2D eigenvalue weighted by Crippen LogP contribution is 2.49. The van der Waals surface area contributed by atoms with E-state index in [2.05, 4.69) is 32.6 Å². The van der Waals surface area contributed by atoms with Gasteiger partial charge in [0, 0.05) is 17.1 Å². The van der Waals surface area contributed by atoms with Gasteiger partial charge in [-0.3, -0.25) is 10.3 Å². The summed E-state index contributed by atoms with van der Waals surface area (Å²) in [5.41, 5.74) is 2.91. The molecule has 0 bridgehead atoms. The maximum atomic E-state index is 12.3. The Morgan fingerprint density at radius 2 is 2.10 bits per heavy atom. The maximum Gasteiger partial charge on any atom is 0.320 e. The molecule has 7 nitrogen and oxygen atoms in total. The molecule has 1 fully saturated rings. The fourth-order valence-corrected chi connectivity index (χ4v) is 3.94. The molecule has 0 saturated heterocycles. The van der Waals surface area contributed by atoms with E-state index in [9.17, 15) is 15.2 Å². The number of nitrogens with one attached hydrogen (secondary N) is 2. The van der Waals surface area contributed by atoms with Crippen molar-refractivity contribution in [2.75, 3.05) is 11.9 Å². The second kappa shape index (κ2) is 8.57. The third-order valence-corrected chi connectivity index (χ3v) is 5.98. The van der Waals surface area contributed by atoms with Crippen molar-refractivity contribution in [3.05, 3.63) is 64.2 Å². The minimum absolute atomic E-state index is 0.269. The van der Waals surface area contributed by atoms with Crippen molar-refractivity contribution in [3.63, 3.8) is 0 Å². The number of thiazole rings is 1. The van der Waals surface area contributed by atoms with Crippen LogP contribution < -0.4 is 10.6 Å². The first-order valence-electron chi connectivity index (χ1n) is 9.66. The molecule has 1 atom stereocenters. The number of terminal acetylenes is 1. The van der Waals surface area contributed by atoms with Crippen LogP contribution in [0.25, 0.3) is 11.1 Å². The number of nitrogens with zero attached hydrogens (tertiary/aromatic N) is 3. The lowest BCUT2D eigenvalue weighted by Crippen LogP contribution is -2.34. The maximum absolute atomic E-state index is 12.3. The number of pyridine rings is 1. The van der Waals surface area contributed by atoms with Gasteiger partial charge in [-0.05, 0) is 36.0 Å². The van der Waals surface area contributed by atoms with Gasteiger partial charge in [-0.2, -0.15) is 5.26 Å². The summed E-state index contributed by atoms with van der Waals surface area (Å²) in [4.78, 5) is 20.8. The Bertz CT molecular complexity index is 1190. The quantitative estimate of drug-likeness (QED) is 0.519. The first-order chi connectivity index (χ1) is 15.1. The summed E-state index contributed by atoms with van der Waals surface area (Å²) in [5.74, 6) is 2.77. The standard InChI is InChI=1S/C23H19N5O2S/c1-2-20-27-19(13-31-20)28-22(30)26-18(12-29)16-7-5-15(6-8-16)17-4-3-11-25-21(17)23(14-24)9-10-23/h1,3-8,11,13,18,29H,9-10,12H2,(H2,26,28,30). The zero-order chi connectivity index (χ0) is 21.8. The number of aliphatic hydroxyl groups excluding tert-OH is 1. The third kappa shape index (κ3) is 4.26. The zero-order valence-corrected chi connectivity index (χ0v) is 17.3. The molecule has 1 unspecified atom stereocenters. The van der Waals surface area contributed by atoms with Crippen LogP contribution in [-0.2, 0) is 5.41 Å². The molecule has 1 saturated carbocycles. The number of carbonyl (C=O) groups is 1. The van der Waals surface area contributed by atoms with E-state index in [0.717, 1.165) is 35.2 Å². The molecule has 0 radical (unpaired) electrons. The van der Waals surface area contributed by atoms with E-state index in [0.29, 0.717) is 10.8 Å². The van der Waals surface area contributed by atoms with Crippen LogP contribution in [0.15, 0.2) is 48.0 Å². The number of carbonyl (C=O) groups excluding carboxylic acids is 1. The molecule has 3 N–H and O–H groups in total. The first kappa shape index (κ1) is 20.5. The predicted octanol–water partition coefficient (Wildman–Crippen LogP) is 3.60. The monoisotopic (exact) mass is 429 g/mol. The van der Waals surface area contributed by atoms with Gasteiger partial charge in [0.2, 0.25) is 0 Å². The number of aliphatic hydroxyl groups is 1. The van der Waals surface area contributed by atoms with Gasteiger partial charge in [-0.1, -0.05) is 30.3 Å². The second-order valence-electron chi connectivity index (χ2n) is 7.23. The summed E-state index contributed by atoms with van der Waals surface area (Å²) in [7, 11) is 0. The molecule has 31 heavy (non-hydrogen) atoms. The van der Waals surface area contributed by atoms with Crippen molar-refractivity contribution in [1.29, 1.82) is 5.26 Å². The van der Waals surface area contributed by atoms with Crippen LogP contribution in [0.4, 0.5) is 10.6 Å². The summed E-state index contributed by atoms with van der Waals surface area (Å²) in [6.07, 6.45) is 8.64. The highest BCUT2D eigenvalue weighted by Gasteiger charge is 2.47. The summed E-state index contributed by atoms with van der Waals surface area (Å²) in [6, 6.07) is 12.6. The van der Waals surface area contributed by atoms with E-state index in [4.69, 9.17) is 6.42 Å². The highest BCUT2D eigenvalue weighted by atomic mass is 32.1. The van der Waals surface area contributed by atoms with Crippen LogP contribution in [0.5, 0.6) is 0 Å². The molecule has 2 heterocycles. The number of hydrogen-bond acceptors (Lipinski definition) is 6. The fourth-order valence-electron chi connectivity index (χ4n) is 3.38. The topological polar surface area (TPSA) is 111 Å². The largest absolute Gasteiger partial charge is 0.394 e. The smallest absolute Gasteiger partial charge is 0.320 e. The normalized spacial score (nSPS) is 14.7. The molecule has 0 spiro atoms. The van der Waals surface area contributed by atoms with Crippen LogP contribution in [-0.4, -0.2) is 27.7 Å². The number of urea groups is 1. The molecule has 154 valence electrons. The highest BCUT2D eigenvalue weighted by molar-refractivity contribution is 7.10. The van der Waals surface area contributed by atoms with E-state index in [-0.39, 0.29) is 6.61 Å². The molecule has 1 aliphatic rings. The number of hydrogen-bond donors (Lipinski definition) is 3. The average molecular weight is 430 g/mol. The van der Waals surface area contributed by atoms with E-state index in [1.165, 1.54) is 11.3 Å². The molecule has 1 aliphatic carbocycles. The number of benzene rings is 1. The van der Waals surface area contributed by atoms with Gasteiger partial charge in [0.25, 0.3) is 0 Å².